The highest BCUT2D eigenvalue weighted by Gasteiger charge is 2.14. The van der Waals surface area contributed by atoms with Gasteiger partial charge in [-0.2, -0.15) is 0 Å². The first kappa shape index (κ1) is 12.0. The van der Waals surface area contributed by atoms with Crippen molar-refractivity contribution in [2.24, 2.45) is 0 Å². The van der Waals surface area contributed by atoms with Crippen LogP contribution in [0.25, 0.3) is 0 Å². The van der Waals surface area contributed by atoms with Crippen LogP contribution in [0.15, 0.2) is 12.1 Å². The van der Waals surface area contributed by atoms with E-state index in [0.29, 0.717) is 12.1 Å². The van der Waals surface area contributed by atoms with Crippen molar-refractivity contribution in [2.75, 3.05) is 5.32 Å². The molecule has 1 atom stereocenters. The van der Waals surface area contributed by atoms with Gasteiger partial charge in [0.1, 0.15) is 5.82 Å². The topological polar surface area (TPSA) is 29.1 Å². The van der Waals surface area contributed by atoms with Crippen LogP contribution in [0.2, 0.25) is 0 Å². The van der Waals surface area contributed by atoms with Crippen molar-refractivity contribution >= 4 is 27.5 Å². The van der Waals surface area contributed by atoms with E-state index in [9.17, 15) is 18.0 Å². The SMILES string of the molecule is CC(Br)C(=O)Nc1cc(F)c(F)cc1F. The molecule has 0 heterocycles. The molecule has 0 aromatic heterocycles. The second kappa shape index (κ2) is 4.65. The molecule has 0 aliphatic heterocycles. The number of halogens is 4. The summed E-state index contributed by atoms with van der Waals surface area (Å²) in [6, 6.07) is 0.974. The maximum atomic E-state index is 13.0. The molecule has 1 rings (SSSR count). The van der Waals surface area contributed by atoms with E-state index >= 15 is 0 Å². The molecule has 1 N–H and O–H groups in total. The number of carbonyl (C=O) groups excluding carboxylic acids is 1. The lowest BCUT2D eigenvalue weighted by Crippen LogP contribution is -2.20. The zero-order valence-corrected chi connectivity index (χ0v) is 9.24. The van der Waals surface area contributed by atoms with E-state index in [-0.39, 0.29) is 5.69 Å². The van der Waals surface area contributed by atoms with Crippen molar-refractivity contribution in [1.82, 2.24) is 0 Å². The third-order valence-corrected chi connectivity index (χ3v) is 2.04. The Hall–Kier alpha value is -1.04. The molecular formula is C9H7BrF3NO. The van der Waals surface area contributed by atoms with Gasteiger partial charge in [-0.25, -0.2) is 13.2 Å². The maximum Gasteiger partial charge on any atom is 0.237 e. The molecule has 1 aromatic rings. The summed E-state index contributed by atoms with van der Waals surface area (Å²) in [5.41, 5.74) is -0.384. The molecule has 15 heavy (non-hydrogen) atoms. The van der Waals surface area contributed by atoms with Crippen LogP contribution >= 0.6 is 15.9 Å². The van der Waals surface area contributed by atoms with E-state index in [1.54, 1.807) is 0 Å². The smallest absolute Gasteiger partial charge is 0.237 e. The third kappa shape index (κ3) is 2.95. The third-order valence-electron chi connectivity index (χ3n) is 1.63. The predicted octanol–water partition coefficient (Wildman–Crippen LogP) is 2.83. The number of alkyl halides is 1. The monoisotopic (exact) mass is 281 g/mol. The molecule has 1 unspecified atom stereocenters. The van der Waals surface area contributed by atoms with Crippen LogP contribution in [-0.4, -0.2) is 10.7 Å². The average Bonchev–Trinajstić information content (AvgIpc) is 2.13. The van der Waals surface area contributed by atoms with Crippen molar-refractivity contribution in [3.8, 4) is 0 Å². The van der Waals surface area contributed by atoms with Gasteiger partial charge < -0.3 is 5.32 Å². The molecule has 2 nitrogen and oxygen atoms in total. The Morgan fingerprint density at radius 1 is 1.27 bits per heavy atom. The zero-order chi connectivity index (χ0) is 11.6. The number of amides is 1. The number of carbonyl (C=O) groups is 1. The molecule has 82 valence electrons. The number of hydrogen-bond donors (Lipinski definition) is 1. The van der Waals surface area contributed by atoms with Crippen LogP contribution < -0.4 is 5.32 Å². The van der Waals surface area contributed by atoms with E-state index in [2.05, 4.69) is 21.2 Å². The van der Waals surface area contributed by atoms with Crippen LogP contribution in [0.5, 0.6) is 0 Å². The normalized spacial score (nSPS) is 12.3. The highest BCUT2D eigenvalue weighted by molar-refractivity contribution is 9.10. The van der Waals surface area contributed by atoms with Crippen molar-refractivity contribution in [3.05, 3.63) is 29.6 Å². The van der Waals surface area contributed by atoms with Crippen molar-refractivity contribution in [2.45, 2.75) is 11.8 Å². The van der Waals surface area contributed by atoms with E-state index in [1.807, 2.05) is 0 Å². The molecular weight excluding hydrogens is 275 g/mol. The van der Waals surface area contributed by atoms with Gasteiger partial charge in [-0.05, 0) is 6.92 Å². The van der Waals surface area contributed by atoms with Crippen LogP contribution in [0.4, 0.5) is 18.9 Å². The second-order valence-corrected chi connectivity index (χ2v) is 4.22. The fraction of sp³-hybridized carbons (Fsp3) is 0.222. The first-order valence-electron chi connectivity index (χ1n) is 4.01. The summed E-state index contributed by atoms with van der Waals surface area (Å²) in [6.07, 6.45) is 0. The van der Waals surface area contributed by atoms with Gasteiger partial charge in [-0.15, -0.1) is 0 Å². The van der Waals surface area contributed by atoms with E-state index in [1.165, 1.54) is 6.92 Å². The average molecular weight is 282 g/mol. The highest BCUT2D eigenvalue weighted by Crippen LogP contribution is 2.19. The van der Waals surface area contributed by atoms with Crippen LogP contribution in [0.1, 0.15) is 6.92 Å². The Labute approximate surface area is 92.6 Å². The lowest BCUT2D eigenvalue weighted by Gasteiger charge is -2.07. The van der Waals surface area contributed by atoms with E-state index in [0.717, 1.165) is 0 Å². The Morgan fingerprint density at radius 2 is 1.80 bits per heavy atom. The predicted molar refractivity (Wildman–Crippen MR) is 53.3 cm³/mol. The van der Waals surface area contributed by atoms with Gasteiger partial charge in [0.2, 0.25) is 5.91 Å². The lowest BCUT2D eigenvalue weighted by molar-refractivity contribution is -0.115. The molecule has 0 spiro atoms. The van der Waals surface area contributed by atoms with Gasteiger partial charge in [-0.3, -0.25) is 4.79 Å². The summed E-state index contributed by atoms with van der Waals surface area (Å²) in [6.45, 7) is 1.52. The van der Waals surface area contributed by atoms with Crippen LogP contribution in [0, 0.1) is 17.5 Å². The van der Waals surface area contributed by atoms with Crippen molar-refractivity contribution in [3.63, 3.8) is 0 Å². The maximum absolute atomic E-state index is 13.0. The number of nitrogens with one attached hydrogen (secondary N) is 1. The summed E-state index contributed by atoms with van der Waals surface area (Å²) >= 11 is 2.95. The molecule has 1 aromatic carbocycles. The Morgan fingerprint density at radius 3 is 2.33 bits per heavy atom. The van der Waals surface area contributed by atoms with Gasteiger partial charge in [0.05, 0.1) is 10.5 Å². The fourth-order valence-electron chi connectivity index (χ4n) is 0.851. The van der Waals surface area contributed by atoms with Crippen LogP contribution in [0.3, 0.4) is 0 Å². The summed E-state index contributed by atoms with van der Waals surface area (Å²) in [5, 5.41) is 2.11. The number of rotatable bonds is 2. The molecule has 0 fully saturated rings. The van der Waals surface area contributed by atoms with Crippen molar-refractivity contribution < 1.29 is 18.0 Å². The number of hydrogen-bond acceptors (Lipinski definition) is 1. The summed E-state index contributed by atoms with van der Waals surface area (Å²) in [4.78, 5) is 10.6. The Bertz CT molecular complexity index is 395. The van der Waals surface area contributed by atoms with Gasteiger partial charge in [0.25, 0.3) is 0 Å². The first-order chi connectivity index (χ1) is 6.91. The quantitative estimate of drug-likeness (QED) is 0.656. The molecule has 0 radical (unpaired) electrons. The molecule has 0 saturated carbocycles. The molecule has 1 amide bonds. The summed E-state index contributed by atoms with van der Waals surface area (Å²) in [7, 11) is 0. The van der Waals surface area contributed by atoms with Gasteiger partial charge in [0, 0.05) is 12.1 Å². The Kier molecular flexibility index (Phi) is 3.73. The highest BCUT2D eigenvalue weighted by atomic mass is 79.9. The van der Waals surface area contributed by atoms with Crippen molar-refractivity contribution in [1.29, 1.82) is 0 Å². The number of anilines is 1. The lowest BCUT2D eigenvalue weighted by atomic mass is 10.2. The first-order valence-corrected chi connectivity index (χ1v) is 4.93. The Balaban J connectivity index is 2.96. The minimum absolute atomic E-state index is 0.379. The minimum Gasteiger partial charge on any atom is -0.323 e. The van der Waals surface area contributed by atoms with Gasteiger partial charge in [-0.1, -0.05) is 15.9 Å². The molecule has 0 aliphatic rings. The summed E-state index contributed by atoms with van der Waals surface area (Å²) < 4.78 is 38.2. The fourth-order valence-corrected chi connectivity index (χ4v) is 0.965. The van der Waals surface area contributed by atoms with Gasteiger partial charge in [0.15, 0.2) is 11.6 Å². The zero-order valence-electron chi connectivity index (χ0n) is 7.65. The summed E-state index contributed by atoms with van der Waals surface area (Å²) in [5.74, 6) is -4.07. The van der Waals surface area contributed by atoms with Gasteiger partial charge >= 0.3 is 0 Å². The number of benzene rings is 1. The molecule has 0 saturated heterocycles. The minimum atomic E-state index is -1.29. The van der Waals surface area contributed by atoms with E-state index < -0.39 is 28.2 Å². The molecule has 6 heteroatoms. The molecule has 0 bridgehead atoms. The van der Waals surface area contributed by atoms with E-state index in [4.69, 9.17) is 0 Å². The molecule has 0 aliphatic carbocycles. The van der Waals surface area contributed by atoms with Crippen LogP contribution in [-0.2, 0) is 4.79 Å². The standard InChI is InChI=1S/C9H7BrF3NO/c1-4(10)9(15)14-8-3-6(12)5(11)2-7(8)13/h2-4H,1H3,(H,14,15). The second-order valence-electron chi connectivity index (χ2n) is 2.85. The largest absolute Gasteiger partial charge is 0.323 e.